The van der Waals surface area contributed by atoms with Gasteiger partial charge < -0.3 is 14.6 Å². The third kappa shape index (κ3) is 4.10. The van der Waals surface area contributed by atoms with Crippen LogP contribution in [-0.4, -0.2) is 42.2 Å². The summed E-state index contributed by atoms with van der Waals surface area (Å²) in [7, 11) is 0. The van der Waals surface area contributed by atoms with Crippen LogP contribution < -0.4 is 10.1 Å². The van der Waals surface area contributed by atoms with Gasteiger partial charge in [0.05, 0.1) is 11.3 Å². The van der Waals surface area contributed by atoms with E-state index < -0.39 is 0 Å². The second kappa shape index (κ2) is 8.06. The van der Waals surface area contributed by atoms with Gasteiger partial charge in [-0.25, -0.2) is 0 Å². The molecule has 1 aromatic carbocycles. The van der Waals surface area contributed by atoms with E-state index in [1.807, 2.05) is 32.0 Å². The largest absolute Gasteiger partial charge is 0.492 e. The van der Waals surface area contributed by atoms with Crippen LogP contribution in [0.2, 0.25) is 0 Å². The number of ether oxygens (including phenoxy) is 1. The maximum Gasteiger partial charge on any atom is 0.227 e. The van der Waals surface area contributed by atoms with Gasteiger partial charge in [-0.15, -0.1) is 0 Å². The Balaban J connectivity index is 1.33. The van der Waals surface area contributed by atoms with Crippen LogP contribution in [0.5, 0.6) is 5.75 Å². The molecule has 5 rings (SSSR count). The molecule has 160 valence electrons. The molecule has 1 aromatic heterocycles. The van der Waals surface area contributed by atoms with Crippen LogP contribution in [0.15, 0.2) is 22.7 Å². The summed E-state index contributed by atoms with van der Waals surface area (Å²) in [6.07, 6.45) is 6.20. The Labute approximate surface area is 177 Å². The van der Waals surface area contributed by atoms with Gasteiger partial charge in [-0.05, 0) is 89.1 Å². The molecule has 3 fully saturated rings. The fourth-order valence-electron chi connectivity index (χ4n) is 4.88. The van der Waals surface area contributed by atoms with Crippen molar-refractivity contribution in [2.45, 2.75) is 46.0 Å². The van der Waals surface area contributed by atoms with Gasteiger partial charge in [-0.1, -0.05) is 5.16 Å². The standard InChI is InChI=1S/C24H31N3O3/c1-15-23(16(2)30-26-15)21-13-18(25-24(28)20-14-19(20)17-5-6-17)7-8-22(21)29-12-11-27-9-3-4-10-27/h7-8,13,17,19-20H,3-6,9-12,14H2,1-2H3,(H,25,28). The number of carbonyl (C=O) groups excluding carboxylic acids is 1. The van der Waals surface area contributed by atoms with Crippen LogP contribution in [-0.2, 0) is 4.79 Å². The first kappa shape index (κ1) is 19.6. The summed E-state index contributed by atoms with van der Waals surface area (Å²) in [5.74, 6) is 3.32. The van der Waals surface area contributed by atoms with Crippen molar-refractivity contribution >= 4 is 11.6 Å². The van der Waals surface area contributed by atoms with Crippen molar-refractivity contribution in [1.29, 1.82) is 0 Å². The first-order valence-corrected chi connectivity index (χ1v) is 11.3. The molecular formula is C24H31N3O3. The lowest BCUT2D eigenvalue weighted by molar-refractivity contribution is -0.117. The van der Waals surface area contributed by atoms with E-state index in [4.69, 9.17) is 9.26 Å². The number of amides is 1. The third-order valence-corrected chi connectivity index (χ3v) is 6.82. The highest BCUT2D eigenvalue weighted by molar-refractivity contribution is 5.95. The molecule has 1 aliphatic heterocycles. The van der Waals surface area contributed by atoms with Crippen molar-refractivity contribution in [1.82, 2.24) is 10.1 Å². The number of likely N-dealkylation sites (tertiary alicyclic amines) is 1. The highest BCUT2D eigenvalue weighted by Crippen LogP contribution is 2.54. The van der Waals surface area contributed by atoms with Crippen LogP contribution in [0.3, 0.4) is 0 Å². The number of rotatable bonds is 8. The molecule has 0 radical (unpaired) electrons. The first-order chi connectivity index (χ1) is 14.6. The lowest BCUT2D eigenvalue weighted by Crippen LogP contribution is -2.25. The average Bonchev–Trinajstić information content (AvgIpc) is 3.63. The van der Waals surface area contributed by atoms with Gasteiger partial charge in [0, 0.05) is 23.7 Å². The van der Waals surface area contributed by atoms with Gasteiger partial charge in [0.1, 0.15) is 18.1 Å². The van der Waals surface area contributed by atoms with Crippen LogP contribution in [0.4, 0.5) is 5.69 Å². The molecule has 2 atom stereocenters. The molecule has 2 aliphatic carbocycles. The number of anilines is 1. The van der Waals surface area contributed by atoms with Crippen molar-refractivity contribution in [2.75, 3.05) is 31.6 Å². The van der Waals surface area contributed by atoms with Crippen molar-refractivity contribution in [2.24, 2.45) is 17.8 Å². The zero-order valence-corrected chi connectivity index (χ0v) is 17.9. The maximum atomic E-state index is 12.7. The maximum absolute atomic E-state index is 12.7. The molecule has 1 amide bonds. The highest BCUT2D eigenvalue weighted by Gasteiger charge is 2.51. The average molecular weight is 410 g/mol. The molecule has 0 bridgehead atoms. The van der Waals surface area contributed by atoms with E-state index in [0.717, 1.165) is 66.0 Å². The Morgan fingerprint density at radius 2 is 2.07 bits per heavy atom. The van der Waals surface area contributed by atoms with Gasteiger partial charge >= 0.3 is 0 Å². The minimum atomic E-state index is 0.152. The third-order valence-electron chi connectivity index (χ3n) is 6.82. The fourth-order valence-corrected chi connectivity index (χ4v) is 4.88. The summed E-state index contributed by atoms with van der Waals surface area (Å²) >= 11 is 0. The van der Waals surface area contributed by atoms with Crippen LogP contribution in [0.25, 0.3) is 11.1 Å². The fraction of sp³-hybridized carbons (Fsp3) is 0.583. The van der Waals surface area contributed by atoms with Gasteiger partial charge in [0.25, 0.3) is 0 Å². The van der Waals surface area contributed by atoms with E-state index >= 15 is 0 Å². The molecular weight excluding hydrogens is 378 g/mol. The van der Waals surface area contributed by atoms with E-state index in [0.29, 0.717) is 12.5 Å². The predicted octanol–water partition coefficient (Wildman–Crippen LogP) is 4.42. The number of carbonyl (C=O) groups is 1. The summed E-state index contributed by atoms with van der Waals surface area (Å²) in [4.78, 5) is 15.1. The lowest BCUT2D eigenvalue weighted by atomic mass is 10.0. The van der Waals surface area contributed by atoms with E-state index in [-0.39, 0.29) is 11.8 Å². The minimum absolute atomic E-state index is 0.152. The Bertz CT molecular complexity index is 908. The molecule has 3 aliphatic rings. The van der Waals surface area contributed by atoms with Crippen LogP contribution in [0, 0.1) is 31.6 Å². The summed E-state index contributed by atoms with van der Waals surface area (Å²) in [6.45, 7) is 7.76. The minimum Gasteiger partial charge on any atom is -0.492 e. The zero-order valence-electron chi connectivity index (χ0n) is 17.9. The molecule has 0 spiro atoms. The second-order valence-electron chi connectivity index (χ2n) is 9.14. The summed E-state index contributed by atoms with van der Waals surface area (Å²) in [6, 6.07) is 5.91. The molecule has 2 saturated carbocycles. The van der Waals surface area contributed by atoms with Gasteiger partial charge in [0.2, 0.25) is 5.91 Å². The Hall–Kier alpha value is -2.34. The molecule has 1 saturated heterocycles. The van der Waals surface area contributed by atoms with Crippen LogP contribution >= 0.6 is 0 Å². The number of nitrogens with zero attached hydrogens (tertiary/aromatic N) is 2. The molecule has 30 heavy (non-hydrogen) atoms. The first-order valence-electron chi connectivity index (χ1n) is 11.3. The van der Waals surface area contributed by atoms with E-state index in [9.17, 15) is 4.79 Å². The zero-order chi connectivity index (χ0) is 20.7. The Kier molecular flexibility index (Phi) is 5.27. The number of aromatic nitrogens is 1. The molecule has 6 heteroatoms. The number of benzene rings is 1. The Morgan fingerprint density at radius 1 is 1.27 bits per heavy atom. The van der Waals surface area contributed by atoms with Gasteiger partial charge in [-0.2, -0.15) is 0 Å². The summed E-state index contributed by atoms with van der Waals surface area (Å²) < 4.78 is 11.6. The van der Waals surface area contributed by atoms with E-state index in [2.05, 4.69) is 15.4 Å². The van der Waals surface area contributed by atoms with Gasteiger partial charge in [-0.3, -0.25) is 9.69 Å². The quantitative estimate of drug-likeness (QED) is 0.699. The number of aryl methyl sites for hydroxylation is 2. The van der Waals surface area contributed by atoms with Crippen molar-refractivity contribution in [3.05, 3.63) is 29.7 Å². The topological polar surface area (TPSA) is 67.6 Å². The number of hydrogen-bond acceptors (Lipinski definition) is 5. The summed E-state index contributed by atoms with van der Waals surface area (Å²) in [5, 5.41) is 7.25. The van der Waals surface area contributed by atoms with Crippen LogP contribution in [0.1, 0.15) is 43.6 Å². The lowest BCUT2D eigenvalue weighted by Gasteiger charge is -2.17. The Morgan fingerprint density at radius 3 is 2.77 bits per heavy atom. The second-order valence-corrected chi connectivity index (χ2v) is 9.14. The van der Waals surface area contributed by atoms with Crippen molar-refractivity contribution in [3.63, 3.8) is 0 Å². The monoisotopic (exact) mass is 409 g/mol. The molecule has 2 unspecified atom stereocenters. The van der Waals surface area contributed by atoms with E-state index in [1.165, 1.54) is 25.7 Å². The smallest absolute Gasteiger partial charge is 0.227 e. The number of hydrogen-bond donors (Lipinski definition) is 1. The van der Waals surface area contributed by atoms with E-state index in [1.54, 1.807) is 0 Å². The van der Waals surface area contributed by atoms with Crippen molar-refractivity contribution in [3.8, 4) is 16.9 Å². The van der Waals surface area contributed by atoms with Crippen molar-refractivity contribution < 1.29 is 14.1 Å². The van der Waals surface area contributed by atoms with Gasteiger partial charge in [0.15, 0.2) is 0 Å². The molecule has 2 heterocycles. The predicted molar refractivity (Wildman–Crippen MR) is 116 cm³/mol. The SMILES string of the molecule is Cc1noc(C)c1-c1cc(NC(=O)C2CC2C2CC2)ccc1OCCN1CCCC1. The summed E-state index contributed by atoms with van der Waals surface area (Å²) in [5.41, 5.74) is 3.52. The molecule has 6 nitrogen and oxygen atoms in total. The number of nitrogens with one attached hydrogen (secondary N) is 1. The molecule has 2 aromatic rings. The molecule has 1 N–H and O–H groups in total. The normalized spacial score (nSPS) is 23.5. The highest BCUT2D eigenvalue weighted by atomic mass is 16.5.